The molecule has 1 aliphatic carbocycles. The number of urea groups is 1. The molecule has 0 aromatic heterocycles. The fourth-order valence-electron chi connectivity index (χ4n) is 3.29. The molecule has 1 heterocycles. The van der Waals surface area contributed by atoms with Gasteiger partial charge in [0.2, 0.25) is 5.91 Å². The molecule has 0 aromatic rings. The molecule has 3 amide bonds. The zero-order valence-electron chi connectivity index (χ0n) is 11.1. The first kappa shape index (κ1) is 14.4. The van der Waals surface area contributed by atoms with Gasteiger partial charge < -0.3 is 16.0 Å². The number of rotatable bonds is 3. The zero-order valence-corrected chi connectivity index (χ0v) is 11.9. The fraction of sp³-hybridized carbons (Fsp3) is 0.846. The second-order valence-electron chi connectivity index (χ2n) is 5.49. The van der Waals surface area contributed by atoms with Crippen LogP contribution in [0.3, 0.4) is 0 Å². The van der Waals surface area contributed by atoms with Gasteiger partial charge in [-0.1, -0.05) is 12.8 Å². The molecule has 2 rings (SSSR count). The van der Waals surface area contributed by atoms with E-state index >= 15 is 0 Å². The maximum absolute atomic E-state index is 12.1. The third-order valence-corrected chi connectivity index (χ3v) is 4.52. The van der Waals surface area contributed by atoms with E-state index in [1.165, 1.54) is 0 Å². The second-order valence-corrected chi connectivity index (χ2v) is 5.87. The maximum atomic E-state index is 12.1. The summed E-state index contributed by atoms with van der Waals surface area (Å²) in [5, 5.41) is 3.01. The number of nitrogens with one attached hydrogen (secondary N) is 1. The standard InChI is InChI=1S/C13H22ClN3O2/c14-6-8-17-7-5-9-3-1-2-4-10(12(15)18)11(9)16-13(17)19/h9-11H,1-8H2,(H2,15,18)(H,16,19). The fourth-order valence-corrected chi connectivity index (χ4v) is 3.50. The van der Waals surface area contributed by atoms with Gasteiger partial charge in [0.1, 0.15) is 0 Å². The predicted molar refractivity (Wildman–Crippen MR) is 73.9 cm³/mol. The van der Waals surface area contributed by atoms with Crippen LogP contribution >= 0.6 is 11.6 Å². The van der Waals surface area contributed by atoms with Crippen molar-refractivity contribution in [2.75, 3.05) is 19.0 Å². The van der Waals surface area contributed by atoms with Gasteiger partial charge in [-0.25, -0.2) is 4.79 Å². The summed E-state index contributed by atoms with van der Waals surface area (Å²) in [6.07, 6.45) is 4.89. The van der Waals surface area contributed by atoms with Crippen molar-refractivity contribution in [3.05, 3.63) is 0 Å². The average molecular weight is 288 g/mol. The van der Waals surface area contributed by atoms with Crippen molar-refractivity contribution in [3.8, 4) is 0 Å². The van der Waals surface area contributed by atoms with Crippen molar-refractivity contribution in [2.45, 2.75) is 38.1 Å². The maximum Gasteiger partial charge on any atom is 0.317 e. The highest BCUT2D eigenvalue weighted by atomic mass is 35.5. The van der Waals surface area contributed by atoms with Crippen LogP contribution < -0.4 is 11.1 Å². The number of nitrogens with zero attached hydrogens (tertiary/aromatic N) is 1. The first-order valence-corrected chi connectivity index (χ1v) is 7.57. The summed E-state index contributed by atoms with van der Waals surface area (Å²) in [4.78, 5) is 25.5. The van der Waals surface area contributed by atoms with Crippen LogP contribution in [0, 0.1) is 11.8 Å². The highest BCUT2D eigenvalue weighted by molar-refractivity contribution is 6.18. The lowest BCUT2D eigenvalue weighted by Crippen LogP contribution is -2.50. The normalized spacial score (nSPS) is 31.9. The largest absolute Gasteiger partial charge is 0.369 e. The Labute approximate surface area is 118 Å². The number of halogens is 1. The second kappa shape index (κ2) is 6.46. The molecule has 2 aliphatic rings. The SMILES string of the molecule is NC(=O)C1CCCCC2CCN(CCCl)C(=O)NC21. The summed E-state index contributed by atoms with van der Waals surface area (Å²) in [7, 11) is 0. The van der Waals surface area contributed by atoms with E-state index in [0.29, 0.717) is 24.9 Å². The molecule has 0 bridgehead atoms. The number of carbonyl (C=O) groups excluding carboxylic acids is 2. The minimum absolute atomic E-state index is 0.104. The number of amides is 3. The first-order chi connectivity index (χ1) is 9.13. The van der Waals surface area contributed by atoms with E-state index in [1.807, 2.05) is 0 Å². The molecule has 1 saturated heterocycles. The molecular weight excluding hydrogens is 266 g/mol. The Morgan fingerprint density at radius 2 is 2.11 bits per heavy atom. The van der Waals surface area contributed by atoms with E-state index in [9.17, 15) is 9.59 Å². The third-order valence-electron chi connectivity index (χ3n) is 4.35. The number of alkyl halides is 1. The van der Waals surface area contributed by atoms with Crippen molar-refractivity contribution < 1.29 is 9.59 Å². The van der Waals surface area contributed by atoms with E-state index in [4.69, 9.17) is 17.3 Å². The molecule has 3 unspecified atom stereocenters. The molecule has 2 fully saturated rings. The van der Waals surface area contributed by atoms with Crippen LogP contribution in [0.1, 0.15) is 32.1 Å². The third kappa shape index (κ3) is 3.32. The smallest absolute Gasteiger partial charge is 0.317 e. The summed E-state index contributed by atoms with van der Waals surface area (Å²) in [6, 6.07) is -0.214. The van der Waals surface area contributed by atoms with Gasteiger partial charge in [-0.15, -0.1) is 11.6 Å². The summed E-state index contributed by atoms with van der Waals surface area (Å²) in [5.41, 5.74) is 5.51. The molecule has 3 N–H and O–H groups in total. The number of fused-ring (bicyclic) bond motifs is 1. The van der Waals surface area contributed by atoms with Crippen LogP contribution in [-0.2, 0) is 4.79 Å². The summed E-state index contributed by atoms with van der Waals surface area (Å²) in [6.45, 7) is 1.26. The molecular formula is C13H22ClN3O2. The van der Waals surface area contributed by atoms with E-state index in [0.717, 1.165) is 32.1 Å². The molecule has 108 valence electrons. The van der Waals surface area contributed by atoms with E-state index in [2.05, 4.69) is 5.32 Å². The van der Waals surface area contributed by atoms with Crippen LogP contribution in [0.4, 0.5) is 4.79 Å². The molecule has 3 atom stereocenters. The van der Waals surface area contributed by atoms with Crippen molar-refractivity contribution in [2.24, 2.45) is 17.6 Å². The van der Waals surface area contributed by atoms with Crippen LogP contribution in [0.2, 0.25) is 0 Å². The minimum Gasteiger partial charge on any atom is -0.369 e. The number of hydrogen-bond donors (Lipinski definition) is 2. The topological polar surface area (TPSA) is 75.4 Å². The molecule has 19 heavy (non-hydrogen) atoms. The Balaban J connectivity index is 2.15. The van der Waals surface area contributed by atoms with Gasteiger partial charge in [-0.05, 0) is 25.2 Å². The van der Waals surface area contributed by atoms with E-state index in [-0.39, 0.29) is 23.9 Å². The number of nitrogens with two attached hydrogens (primary N) is 1. The van der Waals surface area contributed by atoms with Crippen molar-refractivity contribution in [1.29, 1.82) is 0 Å². The summed E-state index contributed by atoms with van der Waals surface area (Å²) < 4.78 is 0. The van der Waals surface area contributed by atoms with Crippen LogP contribution in [0.15, 0.2) is 0 Å². The summed E-state index contributed by atoms with van der Waals surface area (Å²) >= 11 is 5.72. The van der Waals surface area contributed by atoms with Gasteiger partial charge in [0, 0.05) is 25.0 Å². The lowest BCUT2D eigenvalue weighted by Gasteiger charge is -2.28. The van der Waals surface area contributed by atoms with Gasteiger partial charge in [-0.2, -0.15) is 0 Å². The first-order valence-electron chi connectivity index (χ1n) is 7.04. The molecule has 0 spiro atoms. The Kier molecular flexibility index (Phi) is 4.91. The highest BCUT2D eigenvalue weighted by Crippen LogP contribution is 2.32. The Bertz CT molecular complexity index is 351. The zero-order chi connectivity index (χ0) is 13.8. The average Bonchev–Trinajstić information content (AvgIpc) is 2.64. The lowest BCUT2D eigenvalue weighted by atomic mass is 9.85. The quantitative estimate of drug-likeness (QED) is 0.768. The number of hydrogen-bond acceptors (Lipinski definition) is 2. The van der Waals surface area contributed by atoms with Gasteiger partial charge >= 0.3 is 6.03 Å². The Morgan fingerprint density at radius 3 is 2.79 bits per heavy atom. The number of carbonyl (C=O) groups is 2. The Hall–Kier alpha value is -0.970. The predicted octanol–water partition coefficient (Wildman–Crippen LogP) is 1.30. The lowest BCUT2D eigenvalue weighted by molar-refractivity contribution is -0.123. The van der Waals surface area contributed by atoms with Crippen molar-refractivity contribution >= 4 is 23.5 Å². The minimum atomic E-state index is -0.289. The van der Waals surface area contributed by atoms with Gasteiger partial charge in [0.15, 0.2) is 0 Å². The van der Waals surface area contributed by atoms with E-state index in [1.54, 1.807) is 4.90 Å². The van der Waals surface area contributed by atoms with Gasteiger partial charge in [-0.3, -0.25) is 4.79 Å². The molecule has 1 saturated carbocycles. The van der Waals surface area contributed by atoms with Crippen molar-refractivity contribution in [1.82, 2.24) is 10.2 Å². The van der Waals surface area contributed by atoms with Crippen LogP contribution in [0.25, 0.3) is 0 Å². The monoisotopic (exact) mass is 287 g/mol. The summed E-state index contributed by atoms with van der Waals surface area (Å²) in [5.74, 6) is 0.266. The number of primary amides is 1. The van der Waals surface area contributed by atoms with E-state index < -0.39 is 0 Å². The molecule has 0 radical (unpaired) electrons. The van der Waals surface area contributed by atoms with Gasteiger partial charge in [0.25, 0.3) is 0 Å². The Morgan fingerprint density at radius 1 is 1.37 bits per heavy atom. The molecule has 6 heteroatoms. The van der Waals surface area contributed by atoms with Crippen LogP contribution in [0.5, 0.6) is 0 Å². The molecule has 1 aliphatic heterocycles. The molecule has 0 aromatic carbocycles. The van der Waals surface area contributed by atoms with Crippen molar-refractivity contribution in [3.63, 3.8) is 0 Å². The highest BCUT2D eigenvalue weighted by Gasteiger charge is 2.38. The van der Waals surface area contributed by atoms with Gasteiger partial charge in [0.05, 0.1) is 5.92 Å². The van der Waals surface area contributed by atoms with Crippen LogP contribution in [-0.4, -0.2) is 41.8 Å². The molecule has 5 nitrogen and oxygen atoms in total.